The van der Waals surface area contributed by atoms with E-state index in [2.05, 4.69) is 40.3 Å². The van der Waals surface area contributed by atoms with Gasteiger partial charge < -0.3 is 10.4 Å². The van der Waals surface area contributed by atoms with Gasteiger partial charge in [-0.05, 0) is 30.7 Å². The number of hydrogen-bond donors (Lipinski definition) is 2. The van der Waals surface area contributed by atoms with Crippen molar-refractivity contribution in [3.05, 3.63) is 69.2 Å². The first-order valence-corrected chi connectivity index (χ1v) is 7.66. The van der Waals surface area contributed by atoms with Crippen molar-refractivity contribution < 1.29 is 5.11 Å². The zero-order chi connectivity index (χ0) is 14.5. The number of hydrogen-bond acceptors (Lipinski definition) is 2. The van der Waals surface area contributed by atoms with Crippen LogP contribution in [-0.2, 0) is 0 Å². The zero-order valence-electron chi connectivity index (χ0n) is 11.2. The summed E-state index contributed by atoms with van der Waals surface area (Å²) >= 11 is 9.54. The van der Waals surface area contributed by atoms with Gasteiger partial charge in [-0.2, -0.15) is 0 Å². The van der Waals surface area contributed by atoms with Crippen LogP contribution in [0.2, 0.25) is 5.02 Å². The van der Waals surface area contributed by atoms with E-state index in [1.165, 1.54) is 5.56 Å². The second-order valence-corrected chi connectivity index (χ2v) is 6.05. The zero-order valence-corrected chi connectivity index (χ0v) is 13.5. The molecule has 0 heterocycles. The molecule has 0 aliphatic heterocycles. The molecule has 0 spiro atoms. The SMILES string of the molecule is C[C@@H](NCC(O)c1ccccc1Cl)c1cccc(Br)c1. The average molecular weight is 355 g/mol. The van der Waals surface area contributed by atoms with Gasteiger partial charge in [0.25, 0.3) is 0 Å². The van der Waals surface area contributed by atoms with Crippen LogP contribution in [-0.4, -0.2) is 11.7 Å². The highest BCUT2D eigenvalue weighted by atomic mass is 79.9. The van der Waals surface area contributed by atoms with E-state index in [0.717, 1.165) is 10.0 Å². The lowest BCUT2D eigenvalue weighted by Gasteiger charge is -2.18. The molecule has 1 unspecified atom stereocenters. The molecule has 0 saturated heterocycles. The summed E-state index contributed by atoms with van der Waals surface area (Å²) in [4.78, 5) is 0. The molecule has 0 amide bonds. The molecule has 0 saturated carbocycles. The van der Waals surface area contributed by atoms with Crippen LogP contribution >= 0.6 is 27.5 Å². The normalized spacial score (nSPS) is 14.0. The summed E-state index contributed by atoms with van der Waals surface area (Å²) in [7, 11) is 0. The molecule has 20 heavy (non-hydrogen) atoms. The van der Waals surface area contributed by atoms with Crippen molar-refractivity contribution in [2.75, 3.05) is 6.54 Å². The average Bonchev–Trinajstić information content (AvgIpc) is 2.45. The van der Waals surface area contributed by atoms with E-state index >= 15 is 0 Å². The van der Waals surface area contributed by atoms with Crippen LogP contribution in [0, 0.1) is 0 Å². The number of aliphatic hydroxyl groups excluding tert-OH is 1. The fourth-order valence-electron chi connectivity index (χ4n) is 2.04. The summed E-state index contributed by atoms with van der Waals surface area (Å²) in [6.45, 7) is 2.53. The van der Waals surface area contributed by atoms with Crippen molar-refractivity contribution in [1.29, 1.82) is 0 Å². The van der Waals surface area contributed by atoms with Crippen LogP contribution in [0.3, 0.4) is 0 Å². The highest BCUT2D eigenvalue weighted by molar-refractivity contribution is 9.10. The first-order valence-electron chi connectivity index (χ1n) is 6.49. The monoisotopic (exact) mass is 353 g/mol. The predicted molar refractivity (Wildman–Crippen MR) is 87.0 cm³/mol. The Morgan fingerprint density at radius 3 is 2.65 bits per heavy atom. The molecule has 0 aliphatic carbocycles. The molecule has 4 heteroatoms. The standard InChI is InChI=1S/C16H17BrClNO/c1-11(12-5-4-6-13(17)9-12)19-10-16(20)14-7-2-3-8-15(14)18/h2-9,11,16,19-20H,10H2,1H3/t11-,16?/m1/s1. The van der Waals surface area contributed by atoms with Crippen molar-refractivity contribution in [3.63, 3.8) is 0 Å². The lowest BCUT2D eigenvalue weighted by molar-refractivity contribution is 0.171. The fraction of sp³-hybridized carbons (Fsp3) is 0.250. The summed E-state index contributed by atoms with van der Waals surface area (Å²) in [6, 6.07) is 15.7. The number of halogens is 2. The third-order valence-electron chi connectivity index (χ3n) is 3.23. The van der Waals surface area contributed by atoms with Gasteiger partial charge in [0.2, 0.25) is 0 Å². The van der Waals surface area contributed by atoms with E-state index in [0.29, 0.717) is 11.6 Å². The molecule has 2 aromatic carbocycles. The molecule has 0 fully saturated rings. The molecule has 0 aromatic heterocycles. The van der Waals surface area contributed by atoms with Crippen molar-refractivity contribution >= 4 is 27.5 Å². The van der Waals surface area contributed by atoms with Gasteiger partial charge in [0.1, 0.15) is 0 Å². The van der Waals surface area contributed by atoms with Gasteiger partial charge in [-0.1, -0.05) is 57.9 Å². The summed E-state index contributed by atoms with van der Waals surface area (Å²) in [5.41, 5.74) is 1.92. The van der Waals surface area contributed by atoms with Crippen LogP contribution in [0.5, 0.6) is 0 Å². The third-order valence-corrected chi connectivity index (χ3v) is 4.07. The molecule has 2 aromatic rings. The molecule has 2 rings (SSSR count). The molecule has 0 radical (unpaired) electrons. The van der Waals surface area contributed by atoms with Crippen molar-refractivity contribution in [2.45, 2.75) is 19.1 Å². The van der Waals surface area contributed by atoms with Crippen molar-refractivity contribution in [3.8, 4) is 0 Å². The van der Waals surface area contributed by atoms with E-state index in [1.54, 1.807) is 6.07 Å². The quantitative estimate of drug-likeness (QED) is 0.829. The molecule has 0 aliphatic rings. The molecular weight excluding hydrogens is 338 g/mol. The van der Waals surface area contributed by atoms with E-state index < -0.39 is 6.10 Å². The van der Waals surface area contributed by atoms with Gasteiger partial charge in [0, 0.05) is 27.6 Å². The van der Waals surface area contributed by atoms with Crippen molar-refractivity contribution in [1.82, 2.24) is 5.32 Å². The largest absolute Gasteiger partial charge is 0.387 e. The molecular formula is C16H17BrClNO. The number of nitrogens with one attached hydrogen (secondary N) is 1. The lowest BCUT2D eigenvalue weighted by atomic mass is 10.1. The van der Waals surface area contributed by atoms with Gasteiger partial charge in [-0.25, -0.2) is 0 Å². The van der Waals surface area contributed by atoms with Gasteiger partial charge in [0.05, 0.1) is 6.10 Å². The Kier molecular flexibility index (Phi) is 5.61. The third kappa shape index (κ3) is 4.06. The lowest BCUT2D eigenvalue weighted by Crippen LogP contribution is -2.24. The summed E-state index contributed by atoms with van der Waals surface area (Å²) in [5, 5.41) is 14.1. The van der Waals surface area contributed by atoms with E-state index in [4.69, 9.17) is 11.6 Å². The van der Waals surface area contributed by atoms with Gasteiger partial charge in [0.15, 0.2) is 0 Å². The molecule has 106 valence electrons. The van der Waals surface area contributed by atoms with E-state index in [9.17, 15) is 5.11 Å². The second kappa shape index (κ2) is 7.23. The predicted octanol–water partition coefficient (Wildman–Crippen LogP) is 4.49. The first-order chi connectivity index (χ1) is 9.58. The maximum atomic E-state index is 10.2. The summed E-state index contributed by atoms with van der Waals surface area (Å²) < 4.78 is 1.05. The van der Waals surface area contributed by atoms with Crippen LogP contribution in [0.25, 0.3) is 0 Å². The topological polar surface area (TPSA) is 32.3 Å². The smallest absolute Gasteiger partial charge is 0.0928 e. The molecule has 2 atom stereocenters. The van der Waals surface area contributed by atoms with E-state index in [-0.39, 0.29) is 6.04 Å². The number of benzene rings is 2. The van der Waals surface area contributed by atoms with Crippen LogP contribution in [0.15, 0.2) is 53.0 Å². The minimum atomic E-state index is -0.613. The molecule has 0 bridgehead atoms. The first kappa shape index (κ1) is 15.5. The van der Waals surface area contributed by atoms with Crippen LogP contribution in [0.1, 0.15) is 30.2 Å². The second-order valence-electron chi connectivity index (χ2n) is 4.72. The Hall–Kier alpha value is -0.870. The van der Waals surface area contributed by atoms with Crippen LogP contribution in [0.4, 0.5) is 0 Å². The van der Waals surface area contributed by atoms with Gasteiger partial charge in [-0.3, -0.25) is 0 Å². The summed E-state index contributed by atoms with van der Waals surface area (Å²) in [5.74, 6) is 0. The Morgan fingerprint density at radius 2 is 1.95 bits per heavy atom. The van der Waals surface area contributed by atoms with Gasteiger partial charge in [-0.15, -0.1) is 0 Å². The molecule has 2 nitrogen and oxygen atoms in total. The van der Waals surface area contributed by atoms with E-state index in [1.807, 2.05) is 30.3 Å². The summed E-state index contributed by atoms with van der Waals surface area (Å²) in [6.07, 6.45) is -0.613. The Balaban J connectivity index is 1.97. The highest BCUT2D eigenvalue weighted by Gasteiger charge is 2.13. The van der Waals surface area contributed by atoms with Gasteiger partial charge >= 0.3 is 0 Å². The maximum Gasteiger partial charge on any atom is 0.0928 e. The number of rotatable bonds is 5. The molecule has 2 N–H and O–H groups in total. The Bertz CT molecular complexity index is 576. The minimum Gasteiger partial charge on any atom is -0.387 e. The Morgan fingerprint density at radius 1 is 1.20 bits per heavy atom. The van der Waals surface area contributed by atoms with Crippen LogP contribution < -0.4 is 5.32 Å². The van der Waals surface area contributed by atoms with Crippen molar-refractivity contribution in [2.24, 2.45) is 0 Å². The number of aliphatic hydroxyl groups is 1. The minimum absolute atomic E-state index is 0.157. The Labute approximate surface area is 132 Å². The fourth-order valence-corrected chi connectivity index (χ4v) is 2.72. The maximum absolute atomic E-state index is 10.2. The highest BCUT2D eigenvalue weighted by Crippen LogP contribution is 2.23.